The van der Waals surface area contributed by atoms with Crippen LogP contribution in [0, 0.1) is 0 Å². The molecule has 4 nitrogen and oxygen atoms in total. The van der Waals surface area contributed by atoms with Crippen LogP contribution in [0.15, 0.2) is 24.3 Å². The molecule has 0 aromatic heterocycles. The lowest BCUT2D eigenvalue weighted by molar-refractivity contribution is 0.0600. The van der Waals surface area contributed by atoms with Gasteiger partial charge in [0.2, 0.25) is 0 Å². The lowest BCUT2D eigenvalue weighted by Gasteiger charge is -2.17. The molecule has 0 spiro atoms. The number of hydrogen-bond acceptors (Lipinski definition) is 4. The number of methoxy groups -OCH3 is 1. The average molecular weight is 251 g/mol. The monoisotopic (exact) mass is 251 g/mol. The van der Waals surface area contributed by atoms with Crippen molar-refractivity contribution in [2.75, 3.05) is 20.7 Å². The summed E-state index contributed by atoms with van der Waals surface area (Å²) >= 11 is 0. The van der Waals surface area contributed by atoms with Crippen LogP contribution in [0.25, 0.3) is 0 Å². The van der Waals surface area contributed by atoms with Gasteiger partial charge in [0, 0.05) is 13.1 Å². The lowest BCUT2D eigenvalue weighted by Crippen LogP contribution is -2.22. The van der Waals surface area contributed by atoms with E-state index in [9.17, 15) is 9.90 Å². The summed E-state index contributed by atoms with van der Waals surface area (Å²) in [6.45, 7) is 3.35. The van der Waals surface area contributed by atoms with Gasteiger partial charge < -0.3 is 14.7 Å². The summed E-state index contributed by atoms with van der Waals surface area (Å²) in [5.41, 5.74) is 1.63. The zero-order valence-electron chi connectivity index (χ0n) is 11.2. The largest absolute Gasteiger partial charge is 0.465 e. The molecule has 100 valence electrons. The van der Waals surface area contributed by atoms with Crippen LogP contribution in [0.3, 0.4) is 0 Å². The first-order valence-electron chi connectivity index (χ1n) is 6.06. The highest BCUT2D eigenvalue weighted by Gasteiger charge is 2.07. The molecule has 1 rings (SSSR count). The minimum absolute atomic E-state index is 0.283. The fourth-order valence-corrected chi connectivity index (χ4v) is 1.71. The number of benzene rings is 1. The predicted molar refractivity (Wildman–Crippen MR) is 70.4 cm³/mol. The van der Waals surface area contributed by atoms with E-state index in [1.807, 2.05) is 25.2 Å². The van der Waals surface area contributed by atoms with Gasteiger partial charge >= 0.3 is 5.97 Å². The van der Waals surface area contributed by atoms with Crippen LogP contribution < -0.4 is 0 Å². The van der Waals surface area contributed by atoms with Gasteiger partial charge in [-0.15, -0.1) is 0 Å². The van der Waals surface area contributed by atoms with E-state index in [1.165, 1.54) is 7.11 Å². The molecule has 1 aromatic rings. The van der Waals surface area contributed by atoms with Crippen LogP contribution in [0.5, 0.6) is 0 Å². The van der Waals surface area contributed by atoms with Gasteiger partial charge in [-0.25, -0.2) is 4.79 Å². The zero-order chi connectivity index (χ0) is 13.5. The summed E-state index contributed by atoms with van der Waals surface area (Å²) in [6.07, 6.45) is 0.460. The number of carbonyl (C=O) groups excluding carboxylic acids is 1. The van der Waals surface area contributed by atoms with Gasteiger partial charge in [0.25, 0.3) is 0 Å². The Hall–Kier alpha value is -1.39. The van der Waals surface area contributed by atoms with Crippen molar-refractivity contribution in [2.24, 2.45) is 0 Å². The average Bonchev–Trinajstić information content (AvgIpc) is 2.35. The molecule has 0 saturated carbocycles. The van der Waals surface area contributed by atoms with Gasteiger partial charge in [0.15, 0.2) is 0 Å². The van der Waals surface area contributed by atoms with Crippen LogP contribution in [0.1, 0.15) is 29.3 Å². The predicted octanol–water partition coefficient (Wildman–Crippen LogP) is 1.68. The summed E-state index contributed by atoms with van der Waals surface area (Å²) in [6, 6.07) is 7.41. The molecule has 0 bridgehead atoms. The number of carbonyl (C=O) groups is 1. The minimum Gasteiger partial charge on any atom is -0.465 e. The number of aliphatic hydroxyl groups is 1. The first kappa shape index (κ1) is 14.7. The van der Waals surface area contributed by atoms with Crippen molar-refractivity contribution in [1.82, 2.24) is 4.90 Å². The van der Waals surface area contributed by atoms with E-state index >= 15 is 0 Å². The Kier molecular flexibility index (Phi) is 5.82. The van der Waals surface area contributed by atoms with Gasteiger partial charge in [-0.3, -0.25) is 0 Å². The van der Waals surface area contributed by atoms with Gasteiger partial charge in [0.05, 0.1) is 18.8 Å². The molecule has 0 aliphatic heterocycles. The number of rotatable bonds is 6. The highest BCUT2D eigenvalue weighted by molar-refractivity contribution is 5.89. The van der Waals surface area contributed by atoms with Crippen molar-refractivity contribution in [3.63, 3.8) is 0 Å². The summed E-state index contributed by atoms with van der Waals surface area (Å²) < 4.78 is 4.69. The highest BCUT2D eigenvalue weighted by atomic mass is 16.5. The quantitative estimate of drug-likeness (QED) is 0.781. The Balaban J connectivity index is 2.59. The number of ether oxygens (including phenoxy) is 1. The Bertz CT molecular complexity index is 390. The van der Waals surface area contributed by atoms with Crippen molar-refractivity contribution in [3.8, 4) is 0 Å². The highest BCUT2D eigenvalue weighted by Crippen LogP contribution is 2.09. The fourth-order valence-electron chi connectivity index (χ4n) is 1.71. The third-order valence-electron chi connectivity index (χ3n) is 2.73. The summed E-state index contributed by atoms with van der Waals surface area (Å²) in [4.78, 5) is 13.5. The molecule has 4 heteroatoms. The topological polar surface area (TPSA) is 49.8 Å². The molecule has 0 heterocycles. The molecule has 0 aliphatic rings. The molecule has 1 unspecified atom stereocenters. The van der Waals surface area contributed by atoms with E-state index in [0.29, 0.717) is 5.56 Å². The minimum atomic E-state index is -0.316. The van der Waals surface area contributed by atoms with E-state index in [1.54, 1.807) is 13.0 Å². The Morgan fingerprint density at radius 1 is 1.50 bits per heavy atom. The summed E-state index contributed by atoms with van der Waals surface area (Å²) in [5, 5.41) is 9.23. The molecule has 18 heavy (non-hydrogen) atoms. The van der Waals surface area contributed by atoms with Gasteiger partial charge in [-0.05, 0) is 38.1 Å². The van der Waals surface area contributed by atoms with Gasteiger partial charge in [-0.2, -0.15) is 0 Å². The van der Waals surface area contributed by atoms with Crippen molar-refractivity contribution in [3.05, 3.63) is 35.4 Å². The number of nitrogens with zero attached hydrogens (tertiary/aromatic N) is 1. The fraction of sp³-hybridized carbons (Fsp3) is 0.500. The Morgan fingerprint density at radius 3 is 2.83 bits per heavy atom. The van der Waals surface area contributed by atoms with Crippen LogP contribution >= 0.6 is 0 Å². The molecule has 0 aliphatic carbocycles. The smallest absolute Gasteiger partial charge is 0.337 e. The van der Waals surface area contributed by atoms with E-state index < -0.39 is 0 Å². The van der Waals surface area contributed by atoms with Gasteiger partial charge in [-0.1, -0.05) is 12.1 Å². The van der Waals surface area contributed by atoms with Crippen molar-refractivity contribution in [2.45, 2.75) is 26.0 Å². The van der Waals surface area contributed by atoms with Crippen LogP contribution in [0.4, 0.5) is 0 Å². The second-order valence-electron chi connectivity index (χ2n) is 4.57. The van der Waals surface area contributed by atoms with Crippen molar-refractivity contribution < 1.29 is 14.6 Å². The van der Waals surface area contributed by atoms with Gasteiger partial charge in [0.1, 0.15) is 0 Å². The van der Waals surface area contributed by atoms with Crippen LogP contribution in [0.2, 0.25) is 0 Å². The molecule has 1 atom stereocenters. The molecule has 1 aromatic carbocycles. The van der Waals surface area contributed by atoms with E-state index in [-0.39, 0.29) is 12.1 Å². The molecule has 0 fully saturated rings. The molecule has 0 amide bonds. The maximum atomic E-state index is 11.4. The molecular formula is C14H21NO3. The lowest BCUT2D eigenvalue weighted by atomic mass is 10.1. The molecular weight excluding hydrogens is 230 g/mol. The van der Waals surface area contributed by atoms with E-state index in [2.05, 4.69) is 9.64 Å². The Labute approximate surface area is 108 Å². The zero-order valence-corrected chi connectivity index (χ0v) is 11.2. The normalized spacial score (nSPS) is 12.5. The summed E-state index contributed by atoms with van der Waals surface area (Å²) in [7, 11) is 3.37. The number of aliphatic hydroxyl groups excluding tert-OH is 1. The summed E-state index contributed by atoms with van der Waals surface area (Å²) in [5.74, 6) is -0.316. The third kappa shape index (κ3) is 4.85. The van der Waals surface area contributed by atoms with Crippen molar-refractivity contribution >= 4 is 5.97 Å². The van der Waals surface area contributed by atoms with Crippen molar-refractivity contribution in [1.29, 1.82) is 0 Å². The van der Waals surface area contributed by atoms with Crippen LogP contribution in [-0.4, -0.2) is 42.8 Å². The van der Waals surface area contributed by atoms with E-state index in [4.69, 9.17) is 0 Å². The molecule has 0 saturated heterocycles. The third-order valence-corrected chi connectivity index (χ3v) is 2.73. The SMILES string of the molecule is COC(=O)c1cccc(CN(C)CCC(C)O)c1. The number of hydrogen-bond donors (Lipinski definition) is 1. The van der Waals surface area contributed by atoms with Crippen LogP contribution in [-0.2, 0) is 11.3 Å². The maximum Gasteiger partial charge on any atom is 0.337 e. The van der Waals surface area contributed by atoms with E-state index in [0.717, 1.165) is 25.1 Å². The molecule has 1 N–H and O–H groups in total. The molecule has 0 radical (unpaired) electrons. The second kappa shape index (κ2) is 7.13. The number of esters is 1. The standard InChI is InChI=1S/C14H21NO3/c1-11(16)7-8-15(2)10-12-5-4-6-13(9-12)14(17)18-3/h4-6,9,11,16H,7-8,10H2,1-3H3. The first-order valence-corrected chi connectivity index (χ1v) is 6.06. The Morgan fingerprint density at radius 2 is 2.22 bits per heavy atom. The second-order valence-corrected chi connectivity index (χ2v) is 4.57. The first-order chi connectivity index (χ1) is 8.52. The maximum absolute atomic E-state index is 11.4.